The van der Waals surface area contributed by atoms with Gasteiger partial charge in [-0.15, -0.1) is 0 Å². The molecule has 2 aromatic carbocycles. The molecule has 2 unspecified atom stereocenters. The highest BCUT2D eigenvalue weighted by atomic mass is 16.5. The third-order valence-electron chi connectivity index (χ3n) is 5.67. The monoisotopic (exact) mass is 438 g/mol. The van der Waals surface area contributed by atoms with E-state index in [1.54, 1.807) is 14.2 Å². The van der Waals surface area contributed by atoms with Crippen LogP contribution in [0.25, 0.3) is 0 Å². The Morgan fingerprint density at radius 2 is 1.84 bits per heavy atom. The topological polar surface area (TPSA) is 84.0 Å². The predicted molar refractivity (Wildman–Crippen MR) is 127 cm³/mol. The van der Waals surface area contributed by atoms with Crippen LogP contribution >= 0.6 is 0 Å². The number of carbonyl (C=O) groups excluding carboxylic acids is 1. The van der Waals surface area contributed by atoms with E-state index in [2.05, 4.69) is 52.1 Å². The van der Waals surface area contributed by atoms with E-state index in [-0.39, 0.29) is 18.6 Å². The molecule has 1 aliphatic rings. The van der Waals surface area contributed by atoms with Crippen LogP contribution in [0.15, 0.2) is 53.5 Å². The lowest BCUT2D eigenvalue weighted by Gasteiger charge is -2.32. The minimum atomic E-state index is -0.0951. The Bertz CT molecular complexity index is 881. The minimum absolute atomic E-state index is 0.0720. The van der Waals surface area contributed by atoms with Crippen molar-refractivity contribution in [3.8, 4) is 5.75 Å². The highest BCUT2D eigenvalue weighted by Crippen LogP contribution is 2.33. The summed E-state index contributed by atoms with van der Waals surface area (Å²) in [7, 11) is 3.34. The summed E-state index contributed by atoms with van der Waals surface area (Å²) in [6.45, 7) is 4.22. The number of rotatable bonds is 8. The second-order valence-electron chi connectivity index (χ2n) is 8.04. The Kier molecular flexibility index (Phi) is 8.92. The lowest BCUT2D eigenvalue weighted by atomic mass is 9.89. The number of nitrogens with one attached hydrogen (secondary N) is 3. The molecule has 1 heterocycles. The van der Waals surface area contributed by atoms with Crippen molar-refractivity contribution >= 4 is 11.9 Å². The van der Waals surface area contributed by atoms with Crippen LogP contribution < -0.4 is 20.7 Å². The van der Waals surface area contributed by atoms with Gasteiger partial charge < -0.3 is 25.4 Å². The van der Waals surface area contributed by atoms with Crippen LogP contribution in [0, 0.1) is 12.8 Å². The third kappa shape index (κ3) is 6.99. The first-order valence-electron chi connectivity index (χ1n) is 11.1. The molecule has 0 radical (unpaired) electrons. The van der Waals surface area contributed by atoms with E-state index < -0.39 is 0 Å². The minimum Gasteiger partial charge on any atom is -0.497 e. The molecule has 32 heavy (non-hydrogen) atoms. The largest absolute Gasteiger partial charge is 0.497 e. The maximum atomic E-state index is 12.2. The zero-order chi connectivity index (χ0) is 22.8. The zero-order valence-corrected chi connectivity index (χ0v) is 19.2. The van der Waals surface area contributed by atoms with Crippen LogP contribution in [0.3, 0.4) is 0 Å². The van der Waals surface area contributed by atoms with Crippen molar-refractivity contribution in [2.45, 2.75) is 32.4 Å². The van der Waals surface area contributed by atoms with Gasteiger partial charge in [0.15, 0.2) is 5.96 Å². The van der Waals surface area contributed by atoms with Gasteiger partial charge in [-0.2, -0.15) is 0 Å². The maximum Gasteiger partial charge on any atom is 0.239 e. The van der Waals surface area contributed by atoms with E-state index in [1.807, 2.05) is 24.3 Å². The lowest BCUT2D eigenvalue weighted by molar-refractivity contribution is -0.120. The van der Waals surface area contributed by atoms with Crippen LogP contribution in [-0.4, -0.2) is 45.7 Å². The Hall–Kier alpha value is -3.06. The summed E-state index contributed by atoms with van der Waals surface area (Å²) in [6.07, 6.45) is 2.21. The Balaban J connectivity index is 1.44. The number of aliphatic imine (C=N–C) groups is 1. The molecule has 3 rings (SSSR count). The fourth-order valence-electron chi connectivity index (χ4n) is 3.80. The number of guanidine groups is 1. The van der Waals surface area contributed by atoms with Crippen LogP contribution in [-0.2, 0) is 16.1 Å². The highest BCUT2D eigenvalue weighted by molar-refractivity contribution is 5.86. The zero-order valence-electron chi connectivity index (χ0n) is 19.2. The van der Waals surface area contributed by atoms with E-state index in [4.69, 9.17) is 9.47 Å². The molecule has 3 N–H and O–H groups in total. The normalized spacial score (nSPS) is 18.7. The molecule has 2 aromatic rings. The SMILES string of the molecule is CN=C(NCC(=O)NCc1ccc(OC)cc1)NCC1CCCOC1c1ccc(C)cc1. The first-order chi connectivity index (χ1) is 15.6. The Morgan fingerprint density at radius 3 is 2.53 bits per heavy atom. The fraction of sp³-hybridized carbons (Fsp3) is 0.440. The predicted octanol–water partition coefficient (Wildman–Crippen LogP) is 2.95. The second-order valence-corrected chi connectivity index (χ2v) is 8.04. The summed E-state index contributed by atoms with van der Waals surface area (Å²) in [6, 6.07) is 16.2. The Labute approximate surface area is 190 Å². The van der Waals surface area contributed by atoms with Gasteiger partial charge in [0.1, 0.15) is 5.75 Å². The van der Waals surface area contributed by atoms with E-state index in [1.165, 1.54) is 11.1 Å². The first-order valence-corrected chi connectivity index (χ1v) is 11.1. The highest BCUT2D eigenvalue weighted by Gasteiger charge is 2.27. The van der Waals surface area contributed by atoms with Crippen LogP contribution in [0.4, 0.5) is 0 Å². The smallest absolute Gasteiger partial charge is 0.239 e. The average molecular weight is 439 g/mol. The second kappa shape index (κ2) is 12.1. The number of amides is 1. The van der Waals surface area contributed by atoms with Crippen LogP contribution in [0.5, 0.6) is 5.75 Å². The molecule has 7 nitrogen and oxygen atoms in total. The number of ether oxygens (including phenoxy) is 2. The van der Waals surface area contributed by atoms with E-state index in [0.29, 0.717) is 18.4 Å². The van der Waals surface area contributed by atoms with Crippen molar-refractivity contribution in [1.82, 2.24) is 16.0 Å². The van der Waals surface area contributed by atoms with E-state index in [9.17, 15) is 4.79 Å². The molecule has 0 saturated carbocycles. The summed E-state index contributed by atoms with van der Waals surface area (Å²) in [4.78, 5) is 16.5. The van der Waals surface area contributed by atoms with Crippen molar-refractivity contribution in [3.05, 3.63) is 65.2 Å². The first kappa shape index (κ1) is 23.6. The van der Waals surface area contributed by atoms with Gasteiger partial charge in [-0.25, -0.2) is 0 Å². The van der Waals surface area contributed by atoms with Crippen molar-refractivity contribution in [2.75, 3.05) is 33.9 Å². The van der Waals surface area contributed by atoms with Gasteiger partial charge in [0.25, 0.3) is 0 Å². The van der Waals surface area contributed by atoms with Gasteiger partial charge in [0, 0.05) is 32.7 Å². The fourth-order valence-corrected chi connectivity index (χ4v) is 3.80. The summed E-state index contributed by atoms with van der Waals surface area (Å²) in [5, 5.41) is 9.36. The van der Waals surface area contributed by atoms with Gasteiger partial charge in [0.05, 0.1) is 19.8 Å². The van der Waals surface area contributed by atoms with Crippen molar-refractivity contribution in [1.29, 1.82) is 0 Å². The number of aryl methyl sites for hydroxylation is 1. The summed E-state index contributed by atoms with van der Waals surface area (Å²) < 4.78 is 11.2. The standard InChI is InChI=1S/C25H34N4O3/c1-18-6-10-20(11-7-18)24-21(5-4-14-32-24)16-28-25(26-2)29-17-23(30)27-15-19-8-12-22(31-3)13-9-19/h6-13,21,24H,4-5,14-17H2,1-3H3,(H,27,30)(H2,26,28,29). The van der Waals surface area contributed by atoms with Gasteiger partial charge in [-0.3, -0.25) is 9.79 Å². The van der Waals surface area contributed by atoms with Crippen molar-refractivity contribution < 1.29 is 14.3 Å². The summed E-state index contributed by atoms with van der Waals surface area (Å²) in [5.74, 6) is 1.65. The van der Waals surface area contributed by atoms with Gasteiger partial charge in [-0.05, 0) is 43.0 Å². The maximum absolute atomic E-state index is 12.2. The molecule has 7 heteroatoms. The van der Waals surface area contributed by atoms with Crippen LogP contribution in [0.1, 0.15) is 35.6 Å². The molecule has 172 valence electrons. The molecule has 0 bridgehead atoms. The molecule has 1 saturated heterocycles. The summed E-state index contributed by atoms with van der Waals surface area (Å²) in [5.41, 5.74) is 3.47. The quantitative estimate of drug-likeness (QED) is 0.436. The van der Waals surface area contributed by atoms with Gasteiger partial charge >= 0.3 is 0 Å². The van der Waals surface area contributed by atoms with E-state index in [0.717, 1.165) is 37.3 Å². The average Bonchev–Trinajstić information content (AvgIpc) is 2.84. The Morgan fingerprint density at radius 1 is 1.09 bits per heavy atom. The molecular weight excluding hydrogens is 404 g/mol. The van der Waals surface area contributed by atoms with E-state index >= 15 is 0 Å². The molecule has 1 aliphatic heterocycles. The number of benzene rings is 2. The number of methoxy groups -OCH3 is 1. The van der Waals surface area contributed by atoms with Crippen molar-refractivity contribution in [3.63, 3.8) is 0 Å². The number of hydrogen-bond acceptors (Lipinski definition) is 4. The van der Waals surface area contributed by atoms with Crippen LogP contribution in [0.2, 0.25) is 0 Å². The number of carbonyl (C=O) groups is 1. The van der Waals surface area contributed by atoms with Gasteiger partial charge in [0.2, 0.25) is 5.91 Å². The molecule has 1 fully saturated rings. The third-order valence-corrected chi connectivity index (χ3v) is 5.67. The number of nitrogens with zero attached hydrogens (tertiary/aromatic N) is 1. The molecule has 0 aromatic heterocycles. The summed E-state index contributed by atoms with van der Waals surface area (Å²) >= 11 is 0. The number of hydrogen-bond donors (Lipinski definition) is 3. The lowest BCUT2D eigenvalue weighted by Crippen LogP contribution is -2.45. The van der Waals surface area contributed by atoms with Crippen molar-refractivity contribution in [2.24, 2.45) is 10.9 Å². The molecule has 2 atom stereocenters. The molecule has 0 spiro atoms. The molecule has 1 amide bonds. The molecular formula is C25H34N4O3. The van der Waals surface area contributed by atoms with Gasteiger partial charge in [-0.1, -0.05) is 42.0 Å². The molecule has 0 aliphatic carbocycles.